The van der Waals surface area contributed by atoms with Crippen LogP contribution in [0.25, 0.3) is 0 Å². The number of hydrogen-bond donors (Lipinski definition) is 3. The molecule has 2 aromatic carbocycles. The molecule has 10 heteroatoms. The summed E-state index contributed by atoms with van der Waals surface area (Å²) >= 11 is 0. The van der Waals surface area contributed by atoms with Crippen molar-refractivity contribution in [3.8, 4) is 0 Å². The van der Waals surface area contributed by atoms with E-state index in [1.165, 1.54) is 6.20 Å². The van der Waals surface area contributed by atoms with Crippen LogP contribution < -0.4 is 14.9 Å². The van der Waals surface area contributed by atoms with Crippen LogP contribution in [0.15, 0.2) is 65.7 Å². The number of hydrogen-bond acceptors (Lipinski definition) is 7. The number of sulfonamides is 1. The first-order valence-electron chi connectivity index (χ1n) is 11.0. The van der Waals surface area contributed by atoms with Gasteiger partial charge in [-0.1, -0.05) is 48.0 Å². The van der Waals surface area contributed by atoms with Gasteiger partial charge in [-0.25, -0.2) is 13.4 Å². The monoisotopic (exact) mass is 481 g/mol. The fourth-order valence-electron chi connectivity index (χ4n) is 3.76. The number of nitrogens with one attached hydrogen (secondary N) is 2. The molecule has 1 aromatic heterocycles. The summed E-state index contributed by atoms with van der Waals surface area (Å²) in [6.45, 7) is 3.37. The number of rotatable bonds is 8. The molecule has 2 heterocycles. The summed E-state index contributed by atoms with van der Waals surface area (Å²) in [5, 5.41) is 12.5. The lowest BCUT2D eigenvalue weighted by atomic mass is 9.97. The quantitative estimate of drug-likeness (QED) is 0.447. The van der Waals surface area contributed by atoms with Crippen molar-refractivity contribution in [1.29, 1.82) is 0 Å². The smallest absolute Gasteiger partial charge is 0.306 e. The molecule has 0 atom stereocenters. The van der Waals surface area contributed by atoms with Gasteiger partial charge in [0.05, 0.1) is 17.0 Å². The van der Waals surface area contributed by atoms with Crippen molar-refractivity contribution < 1.29 is 18.3 Å². The number of aromatic nitrogens is 2. The van der Waals surface area contributed by atoms with E-state index in [0.717, 1.165) is 11.1 Å². The molecule has 1 fully saturated rings. The van der Waals surface area contributed by atoms with Gasteiger partial charge >= 0.3 is 5.97 Å². The van der Waals surface area contributed by atoms with E-state index >= 15 is 0 Å². The van der Waals surface area contributed by atoms with Crippen molar-refractivity contribution >= 4 is 33.4 Å². The van der Waals surface area contributed by atoms with Crippen molar-refractivity contribution in [2.24, 2.45) is 5.92 Å². The van der Waals surface area contributed by atoms with Crippen molar-refractivity contribution in [3.05, 3.63) is 71.9 Å². The molecule has 3 aromatic rings. The van der Waals surface area contributed by atoms with Gasteiger partial charge in [-0.3, -0.25) is 9.52 Å². The predicted octanol–water partition coefficient (Wildman–Crippen LogP) is 3.50. The standard InChI is InChI=1S/C24H27N5O4S/c1-17-7-9-20(10-8-17)34(32,33)28-21-16-26-24(29-13-11-19(12-14-29)23(30)31)27-22(21)25-15-18-5-3-2-4-6-18/h2-10,16,19,28H,11-15H2,1H3,(H,30,31)(H,25,26,27). The van der Waals surface area contributed by atoms with E-state index < -0.39 is 16.0 Å². The van der Waals surface area contributed by atoms with Crippen LogP contribution in [0, 0.1) is 12.8 Å². The summed E-state index contributed by atoms with van der Waals surface area (Å²) in [7, 11) is -3.84. The molecule has 1 saturated heterocycles. The van der Waals surface area contributed by atoms with Gasteiger partial charge in [0.25, 0.3) is 10.0 Å². The van der Waals surface area contributed by atoms with Crippen LogP contribution in [0.1, 0.15) is 24.0 Å². The first-order chi connectivity index (χ1) is 16.3. The SMILES string of the molecule is Cc1ccc(S(=O)(=O)Nc2cnc(N3CCC(C(=O)O)CC3)nc2NCc2ccccc2)cc1. The third-order valence-corrected chi connectivity index (χ3v) is 7.16. The number of anilines is 3. The van der Waals surface area contributed by atoms with Gasteiger partial charge in [-0.2, -0.15) is 4.98 Å². The number of aliphatic carboxylic acids is 1. The van der Waals surface area contributed by atoms with E-state index in [4.69, 9.17) is 0 Å². The number of piperidine rings is 1. The summed E-state index contributed by atoms with van der Waals surface area (Å²) in [6, 6.07) is 16.3. The van der Waals surface area contributed by atoms with Gasteiger partial charge < -0.3 is 15.3 Å². The Morgan fingerprint density at radius 1 is 1.09 bits per heavy atom. The maximum atomic E-state index is 13.0. The minimum absolute atomic E-state index is 0.145. The molecule has 0 aliphatic carbocycles. The van der Waals surface area contributed by atoms with Crippen LogP contribution in [0.5, 0.6) is 0 Å². The maximum absolute atomic E-state index is 13.0. The van der Waals surface area contributed by atoms with Crippen LogP contribution in [-0.2, 0) is 21.4 Å². The molecule has 0 unspecified atom stereocenters. The first kappa shape index (κ1) is 23.5. The molecular weight excluding hydrogens is 454 g/mol. The number of nitrogens with zero attached hydrogens (tertiary/aromatic N) is 3. The lowest BCUT2D eigenvalue weighted by Crippen LogP contribution is -2.37. The minimum Gasteiger partial charge on any atom is -0.481 e. The molecule has 34 heavy (non-hydrogen) atoms. The van der Waals surface area contributed by atoms with Crippen LogP contribution >= 0.6 is 0 Å². The Bertz CT molecular complexity index is 1240. The Kier molecular flexibility index (Phi) is 6.97. The summed E-state index contributed by atoms with van der Waals surface area (Å²) < 4.78 is 28.5. The summed E-state index contributed by atoms with van der Waals surface area (Å²) in [5.74, 6) is -0.373. The van der Waals surface area contributed by atoms with Crippen molar-refractivity contribution in [1.82, 2.24) is 9.97 Å². The second kappa shape index (κ2) is 10.1. The van der Waals surface area contributed by atoms with E-state index in [1.807, 2.05) is 42.2 Å². The summed E-state index contributed by atoms with van der Waals surface area (Å²) in [5.41, 5.74) is 2.21. The normalized spacial score (nSPS) is 14.6. The van der Waals surface area contributed by atoms with Crippen molar-refractivity contribution in [2.75, 3.05) is 28.0 Å². The average molecular weight is 482 g/mol. The molecule has 1 aliphatic rings. The molecule has 9 nitrogen and oxygen atoms in total. The van der Waals surface area contributed by atoms with E-state index in [0.29, 0.717) is 44.2 Å². The molecule has 0 spiro atoms. The number of carboxylic acids is 1. The third kappa shape index (κ3) is 5.63. The zero-order valence-electron chi connectivity index (χ0n) is 18.8. The van der Waals surface area contributed by atoms with Gasteiger partial charge in [0.1, 0.15) is 5.69 Å². The highest BCUT2D eigenvalue weighted by Crippen LogP contribution is 2.27. The molecular formula is C24H27N5O4S. The van der Waals surface area contributed by atoms with E-state index in [-0.39, 0.29) is 16.5 Å². The predicted molar refractivity (Wildman–Crippen MR) is 130 cm³/mol. The topological polar surface area (TPSA) is 125 Å². The Hall–Kier alpha value is -3.66. The van der Waals surface area contributed by atoms with Gasteiger partial charge in [-0.05, 0) is 37.5 Å². The van der Waals surface area contributed by atoms with E-state index in [9.17, 15) is 18.3 Å². The zero-order chi connectivity index (χ0) is 24.1. The van der Waals surface area contributed by atoms with Gasteiger partial charge in [0, 0.05) is 19.6 Å². The van der Waals surface area contributed by atoms with Gasteiger partial charge in [0.2, 0.25) is 5.95 Å². The summed E-state index contributed by atoms with van der Waals surface area (Å²) in [6.07, 6.45) is 2.46. The highest BCUT2D eigenvalue weighted by Gasteiger charge is 2.26. The molecule has 0 saturated carbocycles. The molecule has 178 valence electrons. The van der Waals surface area contributed by atoms with Crippen LogP contribution in [0.3, 0.4) is 0 Å². The van der Waals surface area contributed by atoms with Crippen LogP contribution in [0.2, 0.25) is 0 Å². The van der Waals surface area contributed by atoms with Gasteiger partial charge in [0.15, 0.2) is 5.82 Å². The van der Waals surface area contributed by atoms with E-state index in [2.05, 4.69) is 20.0 Å². The zero-order valence-corrected chi connectivity index (χ0v) is 19.6. The second-order valence-electron chi connectivity index (χ2n) is 8.29. The van der Waals surface area contributed by atoms with E-state index in [1.54, 1.807) is 24.3 Å². The molecule has 0 bridgehead atoms. The van der Waals surface area contributed by atoms with Crippen molar-refractivity contribution in [2.45, 2.75) is 31.2 Å². The van der Waals surface area contributed by atoms with Crippen LogP contribution in [0.4, 0.5) is 17.5 Å². The second-order valence-corrected chi connectivity index (χ2v) is 9.97. The highest BCUT2D eigenvalue weighted by molar-refractivity contribution is 7.92. The largest absolute Gasteiger partial charge is 0.481 e. The number of benzene rings is 2. The lowest BCUT2D eigenvalue weighted by molar-refractivity contribution is -0.142. The average Bonchev–Trinajstić information content (AvgIpc) is 2.84. The lowest BCUT2D eigenvalue weighted by Gasteiger charge is -2.30. The fraction of sp³-hybridized carbons (Fsp3) is 0.292. The minimum atomic E-state index is -3.84. The summed E-state index contributed by atoms with van der Waals surface area (Å²) in [4.78, 5) is 22.3. The third-order valence-electron chi connectivity index (χ3n) is 5.78. The highest BCUT2D eigenvalue weighted by atomic mass is 32.2. The molecule has 0 radical (unpaired) electrons. The van der Waals surface area contributed by atoms with Crippen molar-refractivity contribution in [3.63, 3.8) is 0 Å². The molecule has 4 rings (SSSR count). The maximum Gasteiger partial charge on any atom is 0.306 e. The fourth-order valence-corrected chi connectivity index (χ4v) is 4.81. The number of carbonyl (C=O) groups is 1. The molecule has 0 amide bonds. The van der Waals surface area contributed by atoms with Crippen LogP contribution in [-0.4, -0.2) is 42.6 Å². The number of aryl methyl sites for hydroxylation is 1. The number of carboxylic acid groups (broad SMARTS) is 1. The Morgan fingerprint density at radius 2 is 1.76 bits per heavy atom. The molecule has 1 aliphatic heterocycles. The Balaban J connectivity index is 1.59. The Morgan fingerprint density at radius 3 is 2.41 bits per heavy atom. The Labute approximate surface area is 198 Å². The first-order valence-corrected chi connectivity index (χ1v) is 12.5. The van der Waals surface area contributed by atoms with Gasteiger partial charge in [-0.15, -0.1) is 0 Å². The molecule has 3 N–H and O–H groups in total.